The van der Waals surface area contributed by atoms with Crippen LogP contribution in [0.3, 0.4) is 0 Å². The second-order valence-corrected chi connectivity index (χ2v) is 8.65. The van der Waals surface area contributed by atoms with Crippen LogP contribution in [0, 0.1) is 5.92 Å². The summed E-state index contributed by atoms with van der Waals surface area (Å²) in [5, 5.41) is 34.7. The molecule has 35 heavy (non-hydrogen) atoms. The largest absolute Gasteiger partial charge is 0.508 e. The maximum Gasteiger partial charge on any atom is 0.326 e. The van der Waals surface area contributed by atoms with Crippen molar-refractivity contribution in [3.05, 3.63) is 29.8 Å². The zero-order valence-electron chi connectivity index (χ0n) is 19.4. The molecule has 3 amide bonds. The lowest BCUT2D eigenvalue weighted by atomic mass is 10.0. The van der Waals surface area contributed by atoms with E-state index >= 15 is 0 Å². The first-order chi connectivity index (χ1) is 16.3. The number of thiol groups is 1. The number of hydrogen-bond donors (Lipinski definition) is 8. The lowest BCUT2D eigenvalue weighted by molar-refractivity contribution is -0.143. The van der Waals surface area contributed by atoms with Crippen LogP contribution in [-0.2, 0) is 30.4 Å². The molecule has 0 heterocycles. The van der Waals surface area contributed by atoms with Crippen LogP contribution < -0.4 is 21.7 Å². The molecule has 0 saturated carbocycles. The first-order valence-corrected chi connectivity index (χ1v) is 11.5. The zero-order valence-corrected chi connectivity index (χ0v) is 20.3. The van der Waals surface area contributed by atoms with Gasteiger partial charge in [0.2, 0.25) is 17.7 Å². The Labute approximate surface area is 208 Å². The molecule has 0 bridgehead atoms. The molecule has 0 aromatic heterocycles. The summed E-state index contributed by atoms with van der Waals surface area (Å²) in [7, 11) is 0. The molecular formula is C22H32N4O8S. The molecule has 13 heteroatoms. The van der Waals surface area contributed by atoms with Crippen molar-refractivity contribution in [1.82, 2.24) is 16.0 Å². The number of nitrogens with one attached hydrogen (secondary N) is 3. The second-order valence-electron chi connectivity index (χ2n) is 8.28. The third-order valence-electron chi connectivity index (χ3n) is 5.05. The van der Waals surface area contributed by atoms with E-state index in [-0.39, 0.29) is 24.3 Å². The number of phenolic OH excluding ortho intramolecular Hbond substituents is 1. The molecule has 194 valence electrons. The summed E-state index contributed by atoms with van der Waals surface area (Å²) in [5.41, 5.74) is 6.58. The van der Waals surface area contributed by atoms with Crippen molar-refractivity contribution in [3.8, 4) is 5.75 Å². The van der Waals surface area contributed by atoms with Gasteiger partial charge in [-0.15, -0.1) is 0 Å². The molecule has 0 saturated heterocycles. The molecule has 12 nitrogen and oxygen atoms in total. The van der Waals surface area contributed by atoms with Crippen molar-refractivity contribution in [2.75, 3.05) is 5.75 Å². The highest BCUT2D eigenvalue weighted by Crippen LogP contribution is 2.11. The molecule has 0 radical (unpaired) electrons. The number of benzene rings is 1. The molecule has 4 unspecified atom stereocenters. The minimum atomic E-state index is -1.32. The van der Waals surface area contributed by atoms with Crippen LogP contribution in [0.1, 0.15) is 32.3 Å². The van der Waals surface area contributed by atoms with Crippen molar-refractivity contribution in [3.63, 3.8) is 0 Å². The highest BCUT2D eigenvalue weighted by Gasteiger charge is 2.31. The van der Waals surface area contributed by atoms with Crippen molar-refractivity contribution in [2.45, 2.75) is 57.3 Å². The summed E-state index contributed by atoms with van der Waals surface area (Å²) in [6.07, 6.45) is -0.631. The topological polar surface area (TPSA) is 208 Å². The lowest BCUT2D eigenvalue weighted by Crippen LogP contribution is -2.58. The van der Waals surface area contributed by atoms with E-state index < -0.39 is 66.2 Å². The van der Waals surface area contributed by atoms with E-state index in [1.807, 2.05) is 0 Å². The number of rotatable bonds is 14. The Hall–Kier alpha value is -3.32. The summed E-state index contributed by atoms with van der Waals surface area (Å²) < 4.78 is 0. The van der Waals surface area contributed by atoms with Crippen molar-refractivity contribution in [2.24, 2.45) is 11.7 Å². The molecule has 0 aliphatic carbocycles. The third-order valence-corrected chi connectivity index (χ3v) is 5.42. The molecule has 0 spiro atoms. The first kappa shape index (κ1) is 29.7. The van der Waals surface area contributed by atoms with E-state index in [2.05, 4.69) is 28.6 Å². The molecule has 1 rings (SSSR count). The SMILES string of the molecule is CC(C)C(NC(=O)C(CS)NC(=O)C(CCC(=O)O)NC(=O)C(N)Cc1ccc(O)cc1)C(=O)O. The van der Waals surface area contributed by atoms with Crippen LogP contribution in [0.2, 0.25) is 0 Å². The quantitative estimate of drug-likeness (QED) is 0.147. The Morgan fingerprint density at radius 3 is 1.94 bits per heavy atom. The number of hydrogen-bond acceptors (Lipinski definition) is 8. The van der Waals surface area contributed by atoms with Gasteiger partial charge in [-0.05, 0) is 36.5 Å². The summed E-state index contributed by atoms with van der Waals surface area (Å²) in [5.74, 6) is -5.36. The number of carboxylic acids is 2. The zero-order chi connectivity index (χ0) is 26.7. The first-order valence-electron chi connectivity index (χ1n) is 10.9. The Morgan fingerprint density at radius 1 is 0.914 bits per heavy atom. The highest BCUT2D eigenvalue weighted by molar-refractivity contribution is 7.80. The van der Waals surface area contributed by atoms with Gasteiger partial charge in [-0.25, -0.2) is 4.79 Å². The van der Waals surface area contributed by atoms with E-state index in [9.17, 15) is 34.2 Å². The molecular weight excluding hydrogens is 480 g/mol. The number of carboxylic acid groups (broad SMARTS) is 2. The Morgan fingerprint density at radius 2 is 1.46 bits per heavy atom. The Kier molecular flexibility index (Phi) is 12.0. The van der Waals surface area contributed by atoms with Gasteiger partial charge in [-0.3, -0.25) is 19.2 Å². The standard InChI is InChI=1S/C22H32N4O8S/c1-11(2)18(22(33)34)26-21(32)16(10-35)25-20(31)15(7-8-17(28)29)24-19(30)14(23)9-12-3-5-13(27)6-4-12/h3-6,11,14-16,18,27,35H,7-10,23H2,1-2H3,(H,24,30)(H,25,31)(H,26,32)(H,28,29)(H,33,34). The second kappa shape index (κ2) is 14.2. The van der Waals surface area contributed by atoms with Crippen LogP contribution in [0.15, 0.2) is 24.3 Å². The smallest absolute Gasteiger partial charge is 0.326 e. The summed E-state index contributed by atoms with van der Waals surface area (Å²) in [6.45, 7) is 3.21. The lowest BCUT2D eigenvalue weighted by Gasteiger charge is -2.25. The molecule has 8 N–H and O–H groups in total. The van der Waals surface area contributed by atoms with E-state index in [1.165, 1.54) is 12.1 Å². The Balaban J connectivity index is 2.89. The van der Waals surface area contributed by atoms with Crippen LogP contribution in [-0.4, -0.2) is 74.9 Å². The van der Waals surface area contributed by atoms with E-state index in [4.69, 9.17) is 10.8 Å². The molecule has 1 aromatic rings. The average molecular weight is 513 g/mol. The number of phenols is 1. The molecule has 0 aliphatic rings. The number of aromatic hydroxyl groups is 1. The molecule has 0 aliphatic heterocycles. The molecule has 0 fully saturated rings. The van der Waals surface area contributed by atoms with Gasteiger partial charge in [0.1, 0.15) is 23.9 Å². The number of carbonyl (C=O) groups is 5. The van der Waals surface area contributed by atoms with Gasteiger partial charge >= 0.3 is 11.9 Å². The van der Waals surface area contributed by atoms with Gasteiger partial charge in [-0.1, -0.05) is 26.0 Å². The summed E-state index contributed by atoms with van der Waals surface area (Å²) in [6, 6.07) is 1.19. The third kappa shape index (κ3) is 10.2. The minimum Gasteiger partial charge on any atom is -0.508 e. The average Bonchev–Trinajstić information content (AvgIpc) is 2.78. The molecule has 4 atom stereocenters. The monoisotopic (exact) mass is 512 g/mol. The number of nitrogens with two attached hydrogens (primary N) is 1. The van der Waals surface area contributed by atoms with E-state index in [0.29, 0.717) is 5.56 Å². The number of aliphatic carboxylic acids is 2. The van der Waals surface area contributed by atoms with Crippen molar-refractivity contribution < 1.29 is 39.3 Å². The van der Waals surface area contributed by atoms with Crippen LogP contribution in [0.5, 0.6) is 5.75 Å². The summed E-state index contributed by atoms with van der Waals surface area (Å²) in [4.78, 5) is 60.3. The van der Waals surface area contributed by atoms with Gasteiger partial charge in [0.15, 0.2) is 0 Å². The molecule has 1 aromatic carbocycles. The van der Waals surface area contributed by atoms with Gasteiger partial charge in [-0.2, -0.15) is 12.6 Å². The van der Waals surface area contributed by atoms with Gasteiger partial charge in [0.05, 0.1) is 6.04 Å². The van der Waals surface area contributed by atoms with E-state index in [1.54, 1.807) is 26.0 Å². The predicted octanol–water partition coefficient (Wildman–Crippen LogP) is -0.748. The fourth-order valence-corrected chi connectivity index (χ4v) is 3.28. The van der Waals surface area contributed by atoms with Crippen molar-refractivity contribution in [1.29, 1.82) is 0 Å². The van der Waals surface area contributed by atoms with Gasteiger partial charge in [0, 0.05) is 12.2 Å². The van der Waals surface area contributed by atoms with Gasteiger partial charge < -0.3 is 37.0 Å². The van der Waals surface area contributed by atoms with E-state index in [0.717, 1.165) is 0 Å². The number of amides is 3. The predicted molar refractivity (Wildman–Crippen MR) is 129 cm³/mol. The Bertz CT molecular complexity index is 909. The van der Waals surface area contributed by atoms with Crippen LogP contribution >= 0.6 is 12.6 Å². The normalized spacial score (nSPS) is 14.3. The maximum absolute atomic E-state index is 12.8. The fourth-order valence-electron chi connectivity index (χ4n) is 3.03. The van der Waals surface area contributed by atoms with Crippen molar-refractivity contribution >= 4 is 42.3 Å². The maximum atomic E-state index is 12.8. The number of carbonyl (C=O) groups excluding carboxylic acids is 3. The van der Waals surface area contributed by atoms with Crippen LogP contribution in [0.25, 0.3) is 0 Å². The fraction of sp³-hybridized carbons (Fsp3) is 0.500. The minimum absolute atomic E-state index is 0.0445. The van der Waals surface area contributed by atoms with Crippen LogP contribution in [0.4, 0.5) is 0 Å². The van der Waals surface area contributed by atoms with Gasteiger partial charge in [0.25, 0.3) is 0 Å². The highest BCUT2D eigenvalue weighted by atomic mass is 32.1. The summed E-state index contributed by atoms with van der Waals surface area (Å²) >= 11 is 4.03.